The van der Waals surface area contributed by atoms with E-state index in [0.29, 0.717) is 31.4 Å². The SMILES string of the molecule is Cc1ccc(NC(=O)Cn2cnc3sc(C(=O)NC(C)C)c(C)c3c2=O)cc1Cl. The highest BCUT2D eigenvalue weighted by atomic mass is 35.5. The van der Waals surface area contributed by atoms with Crippen LogP contribution in [0.2, 0.25) is 5.02 Å². The fraction of sp³-hybridized carbons (Fsp3) is 0.300. The number of aromatic nitrogens is 2. The molecule has 3 rings (SSSR count). The lowest BCUT2D eigenvalue weighted by Gasteiger charge is -2.08. The molecule has 152 valence electrons. The molecule has 2 aromatic heterocycles. The van der Waals surface area contributed by atoms with Gasteiger partial charge in [-0.3, -0.25) is 19.0 Å². The fourth-order valence-electron chi connectivity index (χ4n) is 2.84. The maximum atomic E-state index is 12.9. The van der Waals surface area contributed by atoms with Gasteiger partial charge in [0.05, 0.1) is 16.6 Å². The molecule has 0 unspecified atom stereocenters. The molecule has 0 radical (unpaired) electrons. The molecular formula is C20H21ClN4O3S. The molecule has 0 atom stereocenters. The Kier molecular flexibility index (Phi) is 6.04. The number of thiophene rings is 1. The fourth-order valence-corrected chi connectivity index (χ4v) is 4.06. The third-order valence-corrected chi connectivity index (χ3v) is 5.92. The van der Waals surface area contributed by atoms with Crippen LogP contribution in [0.25, 0.3) is 10.2 Å². The third-order valence-electron chi connectivity index (χ3n) is 4.31. The van der Waals surface area contributed by atoms with Crippen molar-refractivity contribution in [2.24, 2.45) is 0 Å². The van der Waals surface area contributed by atoms with Gasteiger partial charge >= 0.3 is 0 Å². The Morgan fingerprint density at radius 2 is 2.00 bits per heavy atom. The molecule has 0 aliphatic heterocycles. The first-order chi connectivity index (χ1) is 13.7. The van der Waals surface area contributed by atoms with Crippen molar-refractivity contribution in [3.05, 3.63) is 55.9 Å². The van der Waals surface area contributed by atoms with Gasteiger partial charge in [-0.2, -0.15) is 0 Å². The van der Waals surface area contributed by atoms with E-state index in [-0.39, 0.29) is 30.0 Å². The van der Waals surface area contributed by atoms with E-state index in [1.807, 2.05) is 20.8 Å². The smallest absolute Gasteiger partial charge is 0.262 e. The summed E-state index contributed by atoms with van der Waals surface area (Å²) in [6, 6.07) is 5.18. The average molecular weight is 433 g/mol. The van der Waals surface area contributed by atoms with Crippen molar-refractivity contribution in [1.29, 1.82) is 0 Å². The quantitative estimate of drug-likeness (QED) is 0.645. The molecule has 3 aromatic rings. The predicted molar refractivity (Wildman–Crippen MR) is 116 cm³/mol. The van der Waals surface area contributed by atoms with Gasteiger partial charge in [-0.1, -0.05) is 17.7 Å². The number of rotatable bonds is 5. The maximum Gasteiger partial charge on any atom is 0.262 e. The lowest BCUT2D eigenvalue weighted by Crippen LogP contribution is -2.30. The molecule has 2 N–H and O–H groups in total. The number of halogens is 1. The van der Waals surface area contributed by atoms with Crippen molar-refractivity contribution in [3.63, 3.8) is 0 Å². The van der Waals surface area contributed by atoms with Crippen LogP contribution in [0.3, 0.4) is 0 Å². The number of fused-ring (bicyclic) bond motifs is 1. The molecule has 2 heterocycles. The first-order valence-corrected chi connectivity index (χ1v) is 10.2. The van der Waals surface area contributed by atoms with Crippen LogP contribution < -0.4 is 16.2 Å². The van der Waals surface area contributed by atoms with E-state index >= 15 is 0 Å². The molecular weight excluding hydrogens is 412 g/mol. The van der Waals surface area contributed by atoms with Crippen LogP contribution in [0.15, 0.2) is 29.3 Å². The number of nitrogens with zero attached hydrogens (tertiary/aromatic N) is 2. The van der Waals surface area contributed by atoms with E-state index in [2.05, 4.69) is 15.6 Å². The second kappa shape index (κ2) is 8.34. The maximum absolute atomic E-state index is 12.9. The van der Waals surface area contributed by atoms with E-state index in [0.717, 1.165) is 5.56 Å². The lowest BCUT2D eigenvalue weighted by molar-refractivity contribution is -0.116. The molecule has 29 heavy (non-hydrogen) atoms. The molecule has 0 saturated heterocycles. The van der Waals surface area contributed by atoms with Gasteiger partial charge in [-0.25, -0.2) is 4.98 Å². The van der Waals surface area contributed by atoms with Crippen molar-refractivity contribution < 1.29 is 9.59 Å². The monoisotopic (exact) mass is 432 g/mol. The molecule has 2 amide bonds. The summed E-state index contributed by atoms with van der Waals surface area (Å²) in [6.07, 6.45) is 1.33. The van der Waals surface area contributed by atoms with Gasteiger partial charge in [-0.05, 0) is 51.0 Å². The minimum Gasteiger partial charge on any atom is -0.349 e. The Morgan fingerprint density at radius 1 is 1.28 bits per heavy atom. The highest BCUT2D eigenvalue weighted by molar-refractivity contribution is 7.20. The molecule has 0 saturated carbocycles. The zero-order chi connectivity index (χ0) is 21.3. The van der Waals surface area contributed by atoms with Crippen molar-refractivity contribution in [2.75, 3.05) is 5.32 Å². The normalized spacial score (nSPS) is 11.1. The number of aryl methyl sites for hydroxylation is 2. The second-order valence-electron chi connectivity index (χ2n) is 7.05. The molecule has 9 heteroatoms. The number of anilines is 1. The number of hydrogen-bond acceptors (Lipinski definition) is 5. The van der Waals surface area contributed by atoms with Crippen LogP contribution >= 0.6 is 22.9 Å². The van der Waals surface area contributed by atoms with E-state index in [1.165, 1.54) is 22.2 Å². The van der Waals surface area contributed by atoms with E-state index < -0.39 is 0 Å². The third kappa shape index (κ3) is 4.49. The number of hydrogen-bond donors (Lipinski definition) is 2. The zero-order valence-corrected chi connectivity index (χ0v) is 18.1. The van der Waals surface area contributed by atoms with E-state index in [1.54, 1.807) is 25.1 Å². The molecule has 0 bridgehead atoms. The van der Waals surface area contributed by atoms with Crippen LogP contribution in [0.1, 0.15) is 34.6 Å². The van der Waals surface area contributed by atoms with Crippen molar-refractivity contribution in [3.8, 4) is 0 Å². The summed E-state index contributed by atoms with van der Waals surface area (Å²) in [5, 5.41) is 6.45. The summed E-state index contributed by atoms with van der Waals surface area (Å²) in [5.41, 5.74) is 1.66. The van der Waals surface area contributed by atoms with Crippen LogP contribution in [0.4, 0.5) is 5.69 Å². The number of nitrogens with one attached hydrogen (secondary N) is 2. The van der Waals surface area contributed by atoms with Gasteiger partial charge in [0.1, 0.15) is 11.4 Å². The summed E-state index contributed by atoms with van der Waals surface area (Å²) in [7, 11) is 0. The van der Waals surface area contributed by atoms with Gasteiger partial charge in [0.15, 0.2) is 0 Å². The minimum absolute atomic E-state index is 0.0179. The van der Waals surface area contributed by atoms with Gasteiger partial charge in [-0.15, -0.1) is 11.3 Å². The number of carbonyl (C=O) groups is 2. The molecule has 0 spiro atoms. The first kappa shape index (κ1) is 21.0. The van der Waals surface area contributed by atoms with Crippen LogP contribution in [0, 0.1) is 13.8 Å². The summed E-state index contributed by atoms with van der Waals surface area (Å²) in [4.78, 5) is 42.8. The number of amides is 2. The van der Waals surface area contributed by atoms with Gasteiger partial charge in [0, 0.05) is 16.8 Å². The average Bonchev–Trinajstić information content (AvgIpc) is 2.97. The Balaban J connectivity index is 1.86. The zero-order valence-electron chi connectivity index (χ0n) is 16.5. The highest BCUT2D eigenvalue weighted by Crippen LogP contribution is 2.26. The molecule has 0 aliphatic rings. The van der Waals surface area contributed by atoms with Gasteiger partial charge in [0.25, 0.3) is 11.5 Å². The molecule has 7 nitrogen and oxygen atoms in total. The Bertz CT molecular complexity index is 1170. The predicted octanol–water partition coefficient (Wildman–Crippen LogP) is 3.51. The topological polar surface area (TPSA) is 93.1 Å². The van der Waals surface area contributed by atoms with E-state index in [9.17, 15) is 14.4 Å². The molecule has 0 aliphatic carbocycles. The van der Waals surface area contributed by atoms with Crippen molar-refractivity contribution in [1.82, 2.24) is 14.9 Å². The standard InChI is InChI=1S/C20H21ClN4O3S/c1-10(2)23-18(27)17-12(4)16-19(29-17)22-9-25(20(16)28)8-15(26)24-13-6-5-11(3)14(21)7-13/h5-7,9-10H,8H2,1-4H3,(H,23,27)(H,24,26). The van der Waals surface area contributed by atoms with Crippen molar-refractivity contribution >= 4 is 50.7 Å². The van der Waals surface area contributed by atoms with E-state index in [4.69, 9.17) is 11.6 Å². The Hall–Kier alpha value is -2.71. The largest absolute Gasteiger partial charge is 0.349 e. The lowest BCUT2D eigenvalue weighted by atomic mass is 10.2. The molecule has 1 aromatic carbocycles. The first-order valence-electron chi connectivity index (χ1n) is 9.02. The van der Waals surface area contributed by atoms with Gasteiger partial charge in [0.2, 0.25) is 5.91 Å². The van der Waals surface area contributed by atoms with Crippen LogP contribution in [-0.2, 0) is 11.3 Å². The van der Waals surface area contributed by atoms with Crippen molar-refractivity contribution in [2.45, 2.75) is 40.3 Å². The summed E-state index contributed by atoms with van der Waals surface area (Å²) < 4.78 is 1.23. The Morgan fingerprint density at radius 3 is 2.66 bits per heavy atom. The Labute approximate surface area is 176 Å². The number of carbonyl (C=O) groups excluding carboxylic acids is 2. The molecule has 0 fully saturated rings. The summed E-state index contributed by atoms with van der Waals surface area (Å²) in [6.45, 7) is 7.12. The second-order valence-corrected chi connectivity index (χ2v) is 8.46. The summed E-state index contributed by atoms with van der Waals surface area (Å²) in [5.74, 6) is -0.612. The van der Waals surface area contributed by atoms with Crippen LogP contribution in [-0.4, -0.2) is 27.4 Å². The van der Waals surface area contributed by atoms with Gasteiger partial charge < -0.3 is 10.6 Å². The highest BCUT2D eigenvalue weighted by Gasteiger charge is 2.20. The minimum atomic E-state index is -0.376. The van der Waals surface area contributed by atoms with Crippen LogP contribution in [0.5, 0.6) is 0 Å². The summed E-state index contributed by atoms with van der Waals surface area (Å²) >= 11 is 7.25. The number of benzene rings is 1.